The molecule has 3 aliphatic heterocycles. The molecule has 3 fully saturated rings. The van der Waals surface area contributed by atoms with Gasteiger partial charge in [0.15, 0.2) is 0 Å². The van der Waals surface area contributed by atoms with E-state index in [4.69, 9.17) is 4.74 Å². The summed E-state index contributed by atoms with van der Waals surface area (Å²) in [7, 11) is 0. The van der Waals surface area contributed by atoms with Crippen LogP contribution >= 0.6 is 0 Å². The number of hydrogen-bond donors (Lipinski definition) is 0. The van der Waals surface area contributed by atoms with Crippen molar-refractivity contribution in [2.75, 3.05) is 39.4 Å². The molecular weight excluding hydrogens is 228 g/mol. The SMILES string of the molecule is CC(C)C(=O)N1CCC2(C1)CN(C1CCOC1)C2. The molecule has 3 saturated heterocycles. The van der Waals surface area contributed by atoms with Gasteiger partial charge in [-0.15, -0.1) is 0 Å². The van der Waals surface area contributed by atoms with Crippen molar-refractivity contribution in [1.29, 1.82) is 0 Å². The second-order valence-corrected chi connectivity index (χ2v) is 6.59. The van der Waals surface area contributed by atoms with Crippen molar-refractivity contribution in [3.8, 4) is 0 Å². The standard InChI is InChI=1S/C14H24N2O2/c1-11(2)13(17)15-5-4-14(8-15)9-16(10-14)12-3-6-18-7-12/h11-12H,3-10H2,1-2H3. The second-order valence-electron chi connectivity index (χ2n) is 6.59. The lowest BCUT2D eigenvalue weighted by molar-refractivity contribution is -0.134. The fourth-order valence-corrected chi connectivity index (χ4v) is 3.63. The summed E-state index contributed by atoms with van der Waals surface area (Å²) in [5.74, 6) is 0.467. The van der Waals surface area contributed by atoms with Crippen LogP contribution in [0.1, 0.15) is 26.7 Å². The summed E-state index contributed by atoms with van der Waals surface area (Å²) in [4.78, 5) is 16.6. The highest BCUT2D eigenvalue weighted by atomic mass is 16.5. The lowest BCUT2D eigenvalue weighted by atomic mass is 9.78. The first-order chi connectivity index (χ1) is 8.60. The second kappa shape index (κ2) is 4.49. The molecule has 4 heteroatoms. The molecule has 102 valence electrons. The monoisotopic (exact) mass is 252 g/mol. The maximum atomic E-state index is 12.0. The summed E-state index contributed by atoms with van der Waals surface area (Å²) in [6.45, 7) is 10.1. The van der Waals surface area contributed by atoms with Gasteiger partial charge < -0.3 is 9.64 Å². The van der Waals surface area contributed by atoms with E-state index in [-0.39, 0.29) is 5.92 Å². The van der Waals surface area contributed by atoms with Crippen LogP contribution in [0.3, 0.4) is 0 Å². The number of hydrogen-bond acceptors (Lipinski definition) is 3. The van der Waals surface area contributed by atoms with Gasteiger partial charge in [0.1, 0.15) is 0 Å². The summed E-state index contributed by atoms with van der Waals surface area (Å²) >= 11 is 0. The number of carbonyl (C=O) groups is 1. The maximum Gasteiger partial charge on any atom is 0.225 e. The lowest BCUT2D eigenvalue weighted by Crippen LogP contribution is -2.61. The number of nitrogens with zero attached hydrogens (tertiary/aromatic N) is 2. The number of amides is 1. The maximum absolute atomic E-state index is 12.0. The summed E-state index contributed by atoms with van der Waals surface area (Å²) < 4.78 is 5.45. The number of rotatable bonds is 2. The van der Waals surface area contributed by atoms with Gasteiger partial charge in [-0.05, 0) is 12.8 Å². The molecule has 3 aliphatic rings. The number of carbonyl (C=O) groups excluding carboxylic acids is 1. The first-order valence-electron chi connectivity index (χ1n) is 7.20. The molecule has 18 heavy (non-hydrogen) atoms. The van der Waals surface area contributed by atoms with E-state index in [1.807, 2.05) is 13.8 Å². The van der Waals surface area contributed by atoms with E-state index < -0.39 is 0 Å². The van der Waals surface area contributed by atoms with Gasteiger partial charge in [0.25, 0.3) is 0 Å². The average Bonchev–Trinajstić information content (AvgIpc) is 2.94. The normalized spacial score (nSPS) is 31.3. The molecule has 1 atom stereocenters. The number of likely N-dealkylation sites (tertiary alicyclic amines) is 2. The van der Waals surface area contributed by atoms with Crippen molar-refractivity contribution in [2.24, 2.45) is 11.3 Å². The Kier molecular flexibility index (Phi) is 3.10. The molecule has 4 nitrogen and oxygen atoms in total. The fraction of sp³-hybridized carbons (Fsp3) is 0.929. The molecule has 0 aromatic carbocycles. The lowest BCUT2D eigenvalue weighted by Gasteiger charge is -2.50. The van der Waals surface area contributed by atoms with Gasteiger partial charge in [0.05, 0.1) is 6.61 Å². The highest BCUT2D eigenvalue weighted by Gasteiger charge is 2.50. The Morgan fingerprint density at radius 3 is 2.72 bits per heavy atom. The minimum Gasteiger partial charge on any atom is -0.380 e. The Balaban J connectivity index is 1.52. The Bertz CT molecular complexity index is 331. The van der Waals surface area contributed by atoms with Crippen LogP contribution in [0.4, 0.5) is 0 Å². The van der Waals surface area contributed by atoms with Gasteiger partial charge in [-0.25, -0.2) is 0 Å². The fourth-order valence-electron chi connectivity index (χ4n) is 3.63. The van der Waals surface area contributed by atoms with Crippen molar-refractivity contribution in [2.45, 2.75) is 32.7 Å². The van der Waals surface area contributed by atoms with Crippen LogP contribution in [0.5, 0.6) is 0 Å². The van der Waals surface area contributed by atoms with Crippen molar-refractivity contribution in [1.82, 2.24) is 9.80 Å². The first-order valence-corrected chi connectivity index (χ1v) is 7.20. The predicted molar refractivity (Wildman–Crippen MR) is 69.3 cm³/mol. The third-order valence-corrected chi connectivity index (χ3v) is 4.74. The molecule has 0 aromatic heterocycles. The summed E-state index contributed by atoms with van der Waals surface area (Å²) in [6.07, 6.45) is 2.38. The van der Waals surface area contributed by atoms with E-state index in [2.05, 4.69) is 9.80 Å². The summed E-state index contributed by atoms with van der Waals surface area (Å²) in [5, 5.41) is 0. The van der Waals surface area contributed by atoms with Crippen molar-refractivity contribution in [3.05, 3.63) is 0 Å². The quantitative estimate of drug-likeness (QED) is 0.734. The Labute approximate surface area is 109 Å². The first kappa shape index (κ1) is 12.4. The highest BCUT2D eigenvalue weighted by molar-refractivity contribution is 5.78. The smallest absolute Gasteiger partial charge is 0.225 e. The zero-order valence-corrected chi connectivity index (χ0v) is 11.5. The molecule has 0 aliphatic carbocycles. The van der Waals surface area contributed by atoms with Gasteiger partial charge >= 0.3 is 0 Å². The van der Waals surface area contributed by atoms with E-state index in [1.165, 1.54) is 25.9 Å². The van der Waals surface area contributed by atoms with Crippen LogP contribution in [0, 0.1) is 11.3 Å². The van der Waals surface area contributed by atoms with Gasteiger partial charge in [0.2, 0.25) is 5.91 Å². The van der Waals surface area contributed by atoms with E-state index in [9.17, 15) is 4.79 Å². The van der Waals surface area contributed by atoms with Crippen molar-refractivity contribution in [3.63, 3.8) is 0 Å². The Morgan fingerprint density at radius 2 is 2.11 bits per heavy atom. The summed E-state index contributed by atoms with van der Waals surface area (Å²) in [5.41, 5.74) is 0.410. The molecule has 3 rings (SSSR count). The topological polar surface area (TPSA) is 32.8 Å². The molecule has 0 saturated carbocycles. The molecule has 0 bridgehead atoms. The van der Waals surface area contributed by atoms with Gasteiger partial charge in [-0.2, -0.15) is 0 Å². The van der Waals surface area contributed by atoms with Gasteiger partial charge in [-0.3, -0.25) is 9.69 Å². The molecular formula is C14H24N2O2. The molecule has 0 N–H and O–H groups in total. The van der Waals surface area contributed by atoms with Crippen LogP contribution in [0.15, 0.2) is 0 Å². The summed E-state index contributed by atoms with van der Waals surface area (Å²) in [6, 6.07) is 0.644. The zero-order chi connectivity index (χ0) is 12.8. The Morgan fingerprint density at radius 1 is 1.33 bits per heavy atom. The van der Waals surface area contributed by atoms with Crippen LogP contribution in [0.25, 0.3) is 0 Å². The van der Waals surface area contributed by atoms with Crippen LogP contribution in [-0.4, -0.2) is 61.1 Å². The minimum absolute atomic E-state index is 0.138. The minimum atomic E-state index is 0.138. The molecule has 0 aromatic rings. The predicted octanol–water partition coefficient (Wildman–Crippen LogP) is 0.966. The molecule has 1 amide bonds. The van der Waals surface area contributed by atoms with Crippen molar-refractivity contribution >= 4 is 5.91 Å². The third-order valence-electron chi connectivity index (χ3n) is 4.74. The van der Waals surface area contributed by atoms with E-state index in [1.54, 1.807) is 0 Å². The van der Waals surface area contributed by atoms with Gasteiger partial charge in [-0.1, -0.05) is 13.8 Å². The molecule has 0 radical (unpaired) electrons. The van der Waals surface area contributed by atoms with Gasteiger partial charge in [0, 0.05) is 50.2 Å². The average molecular weight is 252 g/mol. The highest BCUT2D eigenvalue weighted by Crippen LogP contribution is 2.41. The zero-order valence-electron chi connectivity index (χ0n) is 11.5. The van der Waals surface area contributed by atoms with E-state index in [0.29, 0.717) is 17.4 Å². The number of ether oxygens (including phenoxy) is 1. The van der Waals surface area contributed by atoms with E-state index >= 15 is 0 Å². The molecule has 1 spiro atoms. The van der Waals surface area contributed by atoms with Crippen LogP contribution in [0.2, 0.25) is 0 Å². The molecule has 1 unspecified atom stereocenters. The van der Waals surface area contributed by atoms with E-state index in [0.717, 1.165) is 26.3 Å². The van der Waals surface area contributed by atoms with Crippen molar-refractivity contribution < 1.29 is 9.53 Å². The largest absolute Gasteiger partial charge is 0.380 e. The van der Waals surface area contributed by atoms with Crippen LogP contribution < -0.4 is 0 Å². The Hall–Kier alpha value is -0.610. The molecule has 3 heterocycles. The third kappa shape index (κ3) is 2.05. The van der Waals surface area contributed by atoms with Crippen LogP contribution in [-0.2, 0) is 9.53 Å².